The quantitative estimate of drug-likeness (QED) is 0.851. The molecule has 2 N–H and O–H groups in total. The fraction of sp³-hybridized carbons (Fsp3) is 0.688. The van der Waals surface area contributed by atoms with Gasteiger partial charge in [0.1, 0.15) is 6.54 Å². The molecule has 0 aromatic carbocycles. The van der Waals surface area contributed by atoms with E-state index in [0.717, 1.165) is 45.3 Å². The number of rotatable bonds is 4. The number of hydrogen-bond donors (Lipinski definition) is 1. The maximum absolute atomic E-state index is 12.5. The van der Waals surface area contributed by atoms with Crippen LogP contribution in [-0.4, -0.2) is 63.4 Å². The van der Waals surface area contributed by atoms with Gasteiger partial charge in [-0.3, -0.25) is 14.5 Å². The summed E-state index contributed by atoms with van der Waals surface area (Å²) in [4.78, 5) is 32.0. The fourth-order valence-electron chi connectivity index (χ4n) is 3.93. The molecule has 0 spiro atoms. The molecule has 0 radical (unpaired) electrons. The van der Waals surface area contributed by atoms with E-state index >= 15 is 0 Å². The van der Waals surface area contributed by atoms with Crippen LogP contribution >= 0.6 is 0 Å². The number of primary amides is 1. The van der Waals surface area contributed by atoms with Gasteiger partial charge >= 0.3 is 0 Å². The summed E-state index contributed by atoms with van der Waals surface area (Å²) in [6.45, 7) is 3.16. The maximum atomic E-state index is 12.5. The molecule has 2 atom stereocenters. The summed E-state index contributed by atoms with van der Waals surface area (Å²) in [6.07, 6.45) is 9.47. The predicted molar refractivity (Wildman–Crippen MR) is 85.3 cm³/mol. The van der Waals surface area contributed by atoms with Crippen molar-refractivity contribution in [3.05, 3.63) is 18.7 Å². The number of hydrogen-bond acceptors (Lipinski definition) is 4. The topological polar surface area (TPSA) is 84.5 Å². The smallest absolute Gasteiger partial charge is 0.242 e. The lowest BCUT2D eigenvalue weighted by Gasteiger charge is -2.42. The summed E-state index contributed by atoms with van der Waals surface area (Å²) in [5.74, 6) is 0.328. The number of likely N-dealkylation sites (tertiary alicyclic amines) is 2. The molecule has 2 aliphatic rings. The molecule has 2 aliphatic heterocycles. The Morgan fingerprint density at radius 1 is 1.17 bits per heavy atom. The van der Waals surface area contributed by atoms with E-state index in [2.05, 4.69) is 9.88 Å². The zero-order chi connectivity index (χ0) is 16.2. The Morgan fingerprint density at radius 3 is 2.78 bits per heavy atom. The van der Waals surface area contributed by atoms with Gasteiger partial charge in [0, 0.05) is 31.5 Å². The highest BCUT2D eigenvalue weighted by atomic mass is 16.2. The normalized spacial score (nSPS) is 25.7. The van der Waals surface area contributed by atoms with Gasteiger partial charge in [-0.15, -0.1) is 0 Å². The number of fused-ring (bicyclic) bond motifs is 1. The average Bonchev–Trinajstić information content (AvgIpc) is 2.95. The highest BCUT2D eigenvalue weighted by molar-refractivity contribution is 5.76. The summed E-state index contributed by atoms with van der Waals surface area (Å²) in [7, 11) is 0. The Morgan fingerprint density at radius 2 is 2.04 bits per heavy atom. The molecule has 126 valence electrons. The molecule has 2 saturated heterocycles. The fourth-order valence-corrected chi connectivity index (χ4v) is 3.93. The van der Waals surface area contributed by atoms with Crippen LogP contribution in [0.5, 0.6) is 0 Å². The van der Waals surface area contributed by atoms with Gasteiger partial charge in [0.25, 0.3) is 0 Å². The van der Waals surface area contributed by atoms with Crippen molar-refractivity contribution in [1.29, 1.82) is 0 Å². The van der Waals surface area contributed by atoms with Crippen LogP contribution < -0.4 is 5.73 Å². The van der Waals surface area contributed by atoms with Crippen LogP contribution in [0, 0.1) is 5.92 Å². The van der Waals surface area contributed by atoms with E-state index in [1.165, 1.54) is 0 Å². The van der Waals surface area contributed by atoms with E-state index in [9.17, 15) is 9.59 Å². The largest absolute Gasteiger partial charge is 0.369 e. The number of imidazole rings is 1. The number of amides is 2. The van der Waals surface area contributed by atoms with Gasteiger partial charge < -0.3 is 15.2 Å². The first-order chi connectivity index (χ1) is 11.1. The number of nitrogens with two attached hydrogens (primary N) is 1. The van der Waals surface area contributed by atoms with Crippen molar-refractivity contribution in [3.63, 3.8) is 0 Å². The lowest BCUT2D eigenvalue weighted by molar-refractivity contribution is -0.135. The van der Waals surface area contributed by atoms with Gasteiger partial charge in [0.2, 0.25) is 11.8 Å². The molecule has 0 bridgehead atoms. The Balaban J connectivity index is 1.62. The summed E-state index contributed by atoms with van der Waals surface area (Å²) in [6, 6.07) is 0.377. The molecule has 0 aliphatic carbocycles. The van der Waals surface area contributed by atoms with Crippen molar-refractivity contribution in [2.75, 3.05) is 26.2 Å². The Hall–Kier alpha value is -1.89. The van der Waals surface area contributed by atoms with Crippen LogP contribution in [0.2, 0.25) is 0 Å². The lowest BCUT2D eigenvalue weighted by Crippen LogP contribution is -2.53. The SMILES string of the molecule is NC(=O)CN1CCCC[C@H]2CN(C(=O)Cn3ccnc3)CC[C@H]21. The van der Waals surface area contributed by atoms with Gasteiger partial charge in [-0.1, -0.05) is 6.42 Å². The van der Waals surface area contributed by atoms with Gasteiger partial charge in [-0.05, 0) is 31.7 Å². The molecule has 7 nitrogen and oxygen atoms in total. The molecule has 1 aromatic rings. The molecular weight excluding hydrogens is 294 g/mol. The third kappa shape index (κ3) is 3.90. The first-order valence-electron chi connectivity index (χ1n) is 8.39. The lowest BCUT2D eigenvalue weighted by atomic mass is 9.88. The van der Waals surface area contributed by atoms with Crippen LogP contribution in [-0.2, 0) is 16.1 Å². The minimum Gasteiger partial charge on any atom is -0.369 e. The van der Waals surface area contributed by atoms with E-state index < -0.39 is 0 Å². The van der Waals surface area contributed by atoms with Crippen LogP contribution in [0.1, 0.15) is 25.7 Å². The number of nitrogens with zero attached hydrogens (tertiary/aromatic N) is 4. The van der Waals surface area contributed by atoms with E-state index in [-0.39, 0.29) is 11.8 Å². The summed E-state index contributed by atoms with van der Waals surface area (Å²) in [5.41, 5.74) is 5.39. The van der Waals surface area contributed by atoms with E-state index in [4.69, 9.17) is 5.73 Å². The Bertz CT molecular complexity index is 545. The molecule has 2 fully saturated rings. The summed E-state index contributed by atoms with van der Waals surface area (Å²) in [5, 5.41) is 0. The first-order valence-corrected chi connectivity index (χ1v) is 8.39. The minimum absolute atomic E-state index is 0.146. The average molecular weight is 319 g/mol. The second-order valence-corrected chi connectivity index (χ2v) is 6.62. The molecule has 3 rings (SSSR count). The van der Waals surface area contributed by atoms with E-state index in [1.807, 2.05) is 11.1 Å². The monoisotopic (exact) mass is 319 g/mol. The number of carbonyl (C=O) groups excluding carboxylic acids is 2. The minimum atomic E-state index is -0.260. The van der Waals surface area contributed by atoms with Crippen molar-refractivity contribution >= 4 is 11.8 Å². The standard InChI is InChI=1S/C16H25N5O2/c17-15(22)10-20-6-2-1-3-13-9-21(7-4-14(13)20)16(23)11-19-8-5-18-12-19/h5,8,12-14H,1-4,6-7,9-11H2,(H2,17,22)/t13-,14+/m0/s1. The van der Waals surface area contributed by atoms with Crippen molar-refractivity contribution in [2.45, 2.75) is 38.3 Å². The van der Waals surface area contributed by atoms with Crippen LogP contribution in [0.25, 0.3) is 0 Å². The highest BCUT2D eigenvalue weighted by Gasteiger charge is 2.36. The van der Waals surface area contributed by atoms with Crippen molar-refractivity contribution in [2.24, 2.45) is 11.7 Å². The van der Waals surface area contributed by atoms with Gasteiger partial charge in [0.05, 0.1) is 12.9 Å². The molecule has 7 heteroatoms. The van der Waals surface area contributed by atoms with Crippen LogP contribution in [0.3, 0.4) is 0 Å². The zero-order valence-corrected chi connectivity index (χ0v) is 13.4. The van der Waals surface area contributed by atoms with Crippen molar-refractivity contribution in [1.82, 2.24) is 19.4 Å². The maximum Gasteiger partial charge on any atom is 0.242 e. The van der Waals surface area contributed by atoms with Gasteiger partial charge in [0.15, 0.2) is 0 Å². The van der Waals surface area contributed by atoms with Crippen LogP contribution in [0.15, 0.2) is 18.7 Å². The third-order valence-electron chi connectivity index (χ3n) is 5.02. The number of aromatic nitrogens is 2. The predicted octanol–water partition coefficient (Wildman–Crippen LogP) is 0.0714. The first kappa shape index (κ1) is 16.0. The Kier molecular flexibility index (Phi) is 4.95. The van der Waals surface area contributed by atoms with Crippen LogP contribution in [0.4, 0.5) is 0 Å². The highest BCUT2D eigenvalue weighted by Crippen LogP contribution is 2.29. The van der Waals surface area contributed by atoms with Crippen molar-refractivity contribution in [3.8, 4) is 0 Å². The number of piperidine rings is 1. The molecule has 0 saturated carbocycles. The van der Waals surface area contributed by atoms with Gasteiger partial charge in [-0.2, -0.15) is 0 Å². The molecule has 3 heterocycles. The molecule has 1 aromatic heterocycles. The number of carbonyl (C=O) groups is 2. The molecule has 2 amide bonds. The zero-order valence-electron chi connectivity index (χ0n) is 13.4. The Labute approximate surface area is 136 Å². The third-order valence-corrected chi connectivity index (χ3v) is 5.02. The summed E-state index contributed by atoms with van der Waals surface area (Å²) >= 11 is 0. The molecule has 23 heavy (non-hydrogen) atoms. The molecular formula is C16H25N5O2. The summed E-state index contributed by atoms with van der Waals surface area (Å²) < 4.78 is 1.81. The van der Waals surface area contributed by atoms with Gasteiger partial charge in [-0.25, -0.2) is 4.98 Å². The van der Waals surface area contributed by atoms with E-state index in [1.54, 1.807) is 17.1 Å². The molecule has 0 unspecified atom stereocenters. The second-order valence-electron chi connectivity index (χ2n) is 6.62. The second kappa shape index (κ2) is 7.12. The van der Waals surface area contributed by atoms with E-state index in [0.29, 0.717) is 25.0 Å². The van der Waals surface area contributed by atoms with Crippen molar-refractivity contribution < 1.29 is 9.59 Å².